The molecule has 0 aliphatic heterocycles. The number of nitrogens with two attached hydrogens (primary N) is 1. The molecule has 1 atom stereocenters. The lowest BCUT2D eigenvalue weighted by atomic mass is 10.1. The molecule has 0 bridgehead atoms. The molecule has 1 aromatic carbocycles. The molecule has 0 radical (unpaired) electrons. The number of aromatic nitrogens is 2. The molecule has 0 spiro atoms. The van der Waals surface area contributed by atoms with Gasteiger partial charge in [-0.2, -0.15) is 5.10 Å². The van der Waals surface area contributed by atoms with Gasteiger partial charge in [0.25, 0.3) is 0 Å². The minimum Gasteiger partial charge on any atom is -0.322 e. The normalized spacial score (nSPS) is 12.5. The van der Waals surface area contributed by atoms with Gasteiger partial charge >= 0.3 is 0 Å². The van der Waals surface area contributed by atoms with Crippen LogP contribution < -0.4 is 11.1 Å². The second-order valence-electron chi connectivity index (χ2n) is 6.10. The Morgan fingerprint density at radius 3 is 2.59 bits per heavy atom. The lowest BCUT2D eigenvalue weighted by Crippen LogP contribution is -2.39. The summed E-state index contributed by atoms with van der Waals surface area (Å²) in [6.07, 6.45) is 1.67. The van der Waals surface area contributed by atoms with E-state index in [4.69, 9.17) is 5.73 Å². The van der Waals surface area contributed by atoms with Crippen LogP contribution in [0.3, 0.4) is 0 Å². The maximum atomic E-state index is 12.1. The number of benzene rings is 1. The van der Waals surface area contributed by atoms with Gasteiger partial charge < -0.3 is 11.1 Å². The van der Waals surface area contributed by atoms with Crippen molar-refractivity contribution < 1.29 is 4.79 Å². The van der Waals surface area contributed by atoms with Crippen LogP contribution in [0.15, 0.2) is 24.4 Å². The van der Waals surface area contributed by atoms with E-state index in [0.29, 0.717) is 5.69 Å². The van der Waals surface area contributed by atoms with Gasteiger partial charge in [0.05, 0.1) is 29.3 Å². The van der Waals surface area contributed by atoms with Gasteiger partial charge in [-0.15, -0.1) is 0 Å². The zero-order valence-corrected chi connectivity index (χ0v) is 13.8. The summed E-state index contributed by atoms with van der Waals surface area (Å²) in [6.45, 7) is 9.88. The molecule has 0 saturated carbocycles. The third-order valence-electron chi connectivity index (χ3n) is 3.88. The third-order valence-corrected chi connectivity index (χ3v) is 3.88. The van der Waals surface area contributed by atoms with Gasteiger partial charge in [0, 0.05) is 0 Å². The van der Waals surface area contributed by atoms with Crippen LogP contribution in [0.1, 0.15) is 30.7 Å². The molecular formula is C17H24N4O. The summed E-state index contributed by atoms with van der Waals surface area (Å²) < 4.78 is 1.85. The monoisotopic (exact) mass is 300 g/mol. The van der Waals surface area contributed by atoms with Crippen LogP contribution in [0.4, 0.5) is 5.69 Å². The SMILES string of the molecule is Cc1ccc(C)c(-n2ncc(NC(=O)[C@@H](N)C(C)C)c2C)c1. The van der Waals surface area contributed by atoms with Gasteiger partial charge in [-0.3, -0.25) is 4.79 Å². The quantitative estimate of drug-likeness (QED) is 0.912. The zero-order valence-electron chi connectivity index (χ0n) is 13.8. The number of hydrogen-bond acceptors (Lipinski definition) is 3. The van der Waals surface area contributed by atoms with Crippen molar-refractivity contribution in [3.05, 3.63) is 41.2 Å². The zero-order chi connectivity index (χ0) is 16.4. The van der Waals surface area contributed by atoms with Crippen molar-refractivity contribution in [2.75, 3.05) is 5.32 Å². The number of hydrogen-bond donors (Lipinski definition) is 2. The number of nitrogens with zero attached hydrogens (tertiary/aromatic N) is 2. The summed E-state index contributed by atoms with van der Waals surface area (Å²) in [5.41, 5.74) is 10.8. The Morgan fingerprint density at radius 2 is 1.95 bits per heavy atom. The molecule has 1 amide bonds. The van der Waals surface area contributed by atoms with Crippen LogP contribution in [0.25, 0.3) is 5.69 Å². The Hall–Kier alpha value is -2.14. The first kappa shape index (κ1) is 16.2. The third kappa shape index (κ3) is 3.20. The van der Waals surface area contributed by atoms with Crippen molar-refractivity contribution in [2.24, 2.45) is 11.7 Å². The molecule has 22 heavy (non-hydrogen) atoms. The topological polar surface area (TPSA) is 72.9 Å². The van der Waals surface area contributed by atoms with E-state index < -0.39 is 6.04 Å². The molecule has 1 aromatic heterocycles. The summed E-state index contributed by atoms with van der Waals surface area (Å²) in [5, 5.41) is 7.27. The fourth-order valence-electron chi connectivity index (χ4n) is 2.24. The minimum atomic E-state index is -0.525. The number of carbonyl (C=O) groups is 1. The van der Waals surface area contributed by atoms with Gasteiger partial charge in [0.2, 0.25) is 5.91 Å². The molecular weight excluding hydrogens is 276 g/mol. The van der Waals surface area contributed by atoms with Crippen molar-refractivity contribution in [1.29, 1.82) is 0 Å². The van der Waals surface area contributed by atoms with Crippen molar-refractivity contribution >= 4 is 11.6 Å². The Bertz CT molecular complexity index is 688. The van der Waals surface area contributed by atoms with Crippen LogP contribution in [-0.4, -0.2) is 21.7 Å². The van der Waals surface area contributed by atoms with E-state index in [1.54, 1.807) is 6.20 Å². The van der Waals surface area contributed by atoms with Crippen molar-refractivity contribution in [3.8, 4) is 5.69 Å². The standard InChI is InChI=1S/C17H24N4O/c1-10(2)16(18)17(22)20-14-9-19-21(13(14)5)15-8-11(3)6-7-12(15)4/h6-10,16H,18H2,1-5H3,(H,20,22)/t16-/m0/s1. The van der Waals surface area contributed by atoms with Crippen LogP contribution in [0.2, 0.25) is 0 Å². The molecule has 0 fully saturated rings. The van der Waals surface area contributed by atoms with Crippen molar-refractivity contribution in [2.45, 2.75) is 40.7 Å². The minimum absolute atomic E-state index is 0.0920. The van der Waals surface area contributed by atoms with E-state index in [1.807, 2.05) is 39.3 Å². The molecule has 5 nitrogen and oxygen atoms in total. The van der Waals surface area contributed by atoms with Gasteiger partial charge in [-0.25, -0.2) is 4.68 Å². The molecule has 118 valence electrons. The lowest BCUT2D eigenvalue weighted by Gasteiger charge is -2.15. The second-order valence-corrected chi connectivity index (χ2v) is 6.10. The highest BCUT2D eigenvalue weighted by atomic mass is 16.2. The van der Waals surface area contributed by atoms with E-state index in [9.17, 15) is 4.79 Å². The van der Waals surface area contributed by atoms with Gasteiger partial charge in [0.1, 0.15) is 0 Å². The van der Waals surface area contributed by atoms with Gasteiger partial charge in [-0.1, -0.05) is 26.0 Å². The van der Waals surface area contributed by atoms with Gasteiger partial charge in [0.15, 0.2) is 0 Å². The maximum absolute atomic E-state index is 12.1. The molecule has 0 aliphatic rings. The number of aryl methyl sites for hydroxylation is 2. The Morgan fingerprint density at radius 1 is 1.27 bits per heavy atom. The van der Waals surface area contributed by atoms with E-state index in [1.165, 1.54) is 5.56 Å². The Labute approximate surface area is 131 Å². The van der Waals surface area contributed by atoms with E-state index in [0.717, 1.165) is 16.9 Å². The number of rotatable bonds is 4. The van der Waals surface area contributed by atoms with E-state index in [-0.39, 0.29) is 11.8 Å². The molecule has 0 unspecified atom stereocenters. The number of anilines is 1. The smallest absolute Gasteiger partial charge is 0.241 e. The second kappa shape index (κ2) is 6.32. The molecule has 1 heterocycles. The van der Waals surface area contributed by atoms with Crippen LogP contribution in [0, 0.1) is 26.7 Å². The largest absolute Gasteiger partial charge is 0.322 e. The van der Waals surface area contributed by atoms with Gasteiger partial charge in [-0.05, 0) is 43.9 Å². The Balaban J connectivity index is 2.30. The highest BCUT2D eigenvalue weighted by Gasteiger charge is 2.19. The fourth-order valence-corrected chi connectivity index (χ4v) is 2.24. The summed E-state index contributed by atoms with van der Waals surface area (Å²) >= 11 is 0. The summed E-state index contributed by atoms with van der Waals surface area (Å²) in [4.78, 5) is 12.1. The first-order chi connectivity index (χ1) is 10.3. The molecule has 5 heteroatoms. The Kier molecular flexibility index (Phi) is 4.66. The number of amides is 1. The average molecular weight is 300 g/mol. The molecule has 2 rings (SSSR count). The van der Waals surface area contributed by atoms with Crippen molar-refractivity contribution in [3.63, 3.8) is 0 Å². The lowest BCUT2D eigenvalue weighted by molar-refractivity contribution is -0.118. The predicted octanol–water partition coefficient (Wildman–Crippen LogP) is 2.72. The molecule has 0 aliphatic carbocycles. The number of nitrogens with one attached hydrogen (secondary N) is 1. The number of carbonyl (C=O) groups excluding carboxylic acids is 1. The highest BCUT2D eigenvalue weighted by Crippen LogP contribution is 2.22. The highest BCUT2D eigenvalue weighted by molar-refractivity contribution is 5.95. The molecule has 2 aromatic rings. The van der Waals surface area contributed by atoms with Crippen LogP contribution in [-0.2, 0) is 4.79 Å². The first-order valence-corrected chi connectivity index (χ1v) is 7.50. The van der Waals surface area contributed by atoms with E-state index in [2.05, 4.69) is 28.6 Å². The fraction of sp³-hybridized carbons (Fsp3) is 0.412. The maximum Gasteiger partial charge on any atom is 0.241 e. The van der Waals surface area contributed by atoms with Crippen LogP contribution in [0.5, 0.6) is 0 Å². The molecule has 3 N–H and O–H groups in total. The molecule has 0 saturated heterocycles. The summed E-state index contributed by atoms with van der Waals surface area (Å²) in [7, 11) is 0. The summed E-state index contributed by atoms with van der Waals surface area (Å²) in [5.74, 6) is -0.0898. The van der Waals surface area contributed by atoms with Crippen molar-refractivity contribution in [1.82, 2.24) is 9.78 Å². The first-order valence-electron chi connectivity index (χ1n) is 7.50. The van der Waals surface area contributed by atoms with Crippen LogP contribution >= 0.6 is 0 Å². The summed E-state index contributed by atoms with van der Waals surface area (Å²) in [6, 6.07) is 5.70. The van der Waals surface area contributed by atoms with E-state index >= 15 is 0 Å². The average Bonchev–Trinajstić information content (AvgIpc) is 2.81. The predicted molar refractivity (Wildman–Crippen MR) is 89.2 cm³/mol.